The molecule has 2 heterocycles. The number of carboxylic acid groups (broad SMARTS) is 1. The average Bonchev–Trinajstić information content (AvgIpc) is 2.28. The molecule has 1 aliphatic rings. The highest BCUT2D eigenvalue weighted by molar-refractivity contribution is 5.85. The Hall–Kier alpha value is -1.46. The summed E-state index contributed by atoms with van der Waals surface area (Å²) in [5, 5.41) is 18.9. The van der Waals surface area contributed by atoms with Crippen molar-refractivity contribution in [1.29, 1.82) is 0 Å². The smallest absolute Gasteiger partial charge is 0.354 e. The van der Waals surface area contributed by atoms with Crippen LogP contribution in [-0.4, -0.2) is 44.8 Å². The first-order valence-electron chi connectivity index (χ1n) is 6.10. The molecule has 0 saturated carbocycles. The van der Waals surface area contributed by atoms with Gasteiger partial charge in [0.1, 0.15) is 5.69 Å². The Balaban J connectivity index is 2.05. The van der Waals surface area contributed by atoms with Gasteiger partial charge in [0, 0.05) is 13.1 Å². The molecule has 1 aromatic heterocycles. The van der Waals surface area contributed by atoms with Crippen LogP contribution in [0.5, 0.6) is 0 Å². The number of pyridine rings is 1. The lowest BCUT2D eigenvalue weighted by atomic mass is 9.95. The Morgan fingerprint density at radius 1 is 1.56 bits per heavy atom. The number of hydrogen-bond donors (Lipinski definition) is 2. The van der Waals surface area contributed by atoms with E-state index in [4.69, 9.17) is 5.11 Å². The Morgan fingerprint density at radius 3 is 3.00 bits per heavy atom. The third-order valence-corrected chi connectivity index (χ3v) is 3.17. The van der Waals surface area contributed by atoms with Crippen LogP contribution < -0.4 is 0 Å². The minimum absolute atomic E-state index is 0.0660. The topological polar surface area (TPSA) is 73.7 Å². The van der Waals surface area contributed by atoms with Gasteiger partial charge in [0.05, 0.1) is 11.3 Å². The van der Waals surface area contributed by atoms with Crippen LogP contribution in [-0.2, 0) is 6.54 Å². The number of β-amino-alcohol motifs (C(OH)–C–C–N with tert-alkyl or cyclic N) is 1. The quantitative estimate of drug-likeness (QED) is 0.841. The van der Waals surface area contributed by atoms with Crippen LogP contribution in [0, 0.1) is 0 Å². The van der Waals surface area contributed by atoms with Gasteiger partial charge in [-0.05, 0) is 38.4 Å². The number of aromatic carboxylic acids is 1. The largest absolute Gasteiger partial charge is 0.477 e. The molecule has 1 aromatic rings. The molecule has 1 fully saturated rings. The van der Waals surface area contributed by atoms with Crippen LogP contribution in [0.1, 0.15) is 35.9 Å². The molecule has 1 atom stereocenters. The molecule has 0 aromatic carbocycles. The molecule has 1 unspecified atom stereocenters. The summed E-state index contributed by atoms with van der Waals surface area (Å²) in [5.41, 5.74) is 0.145. The Bertz CT molecular complexity index is 446. The lowest BCUT2D eigenvalue weighted by Gasteiger charge is -2.36. The third kappa shape index (κ3) is 3.27. The molecule has 18 heavy (non-hydrogen) atoms. The zero-order valence-corrected chi connectivity index (χ0v) is 10.5. The zero-order valence-electron chi connectivity index (χ0n) is 10.5. The van der Waals surface area contributed by atoms with Crippen molar-refractivity contribution in [3.63, 3.8) is 0 Å². The number of carbonyl (C=O) groups is 1. The van der Waals surface area contributed by atoms with Crippen molar-refractivity contribution < 1.29 is 15.0 Å². The minimum Gasteiger partial charge on any atom is -0.477 e. The van der Waals surface area contributed by atoms with Gasteiger partial charge in [-0.1, -0.05) is 6.07 Å². The summed E-state index contributed by atoms with van der Waals surface area (Å²) >= 11 is 0. The maximum Gasteiger partial charge on any atom is 0.354 e. The molecule has 1 aliphatic heterocycles. The van der Waals surface area contributed by atoms with Crippen LogP contribution in [0.15, 0.2) is 18.2 Å². The molecule has 1 saturated heterocycles. The fourth-order valence-electron chi connectivity index (χ4n) is 2.37. The molecule has 2 N–H and O–H groups in total. The summed E-state index contributed by atoms with van der Waals surface area (Å²) in [6, 6.07) is 5.00. The van der Waals surface area contributed by atoms with Crippen molar-refractivity contribution in [2.75, 3.05) is 13.1 Å². The first-order chi connectivity index (χ1) is 8.46. The van der Waals surface area contributed by atoms with Gasteiger partial charge < -0.3 is 10.2 Å². The highest BCUT2D eigenvalue weighted by Crippen LogP contribution is 2.21. The molecule has 98 valence electrons. The number of aromatic nitrogens is 1. The number of carboxylic acids is 1. The van der Waals surface area contributed by atoms with E-state index in [0.29, 0.717) is 13.1 Å². The highest BCUT2D eigenvalue weighted by atomic mass is 16.4. The van der Waals surface area contributed by atoms with Crippen molar-refractivity contribution in [3.05, 3.63) is 29.6 Å². The van der Waals surface area contributed by atoms with Crippen molar-refractivity contribution in [2.45, 2.75) is 31.9 Å². The van der Waals surface area contributed by atoms with E-state index in [1.165, 1.54) is 6.07 Å². The predicted octanol–water partition coefficient (Wildman–Crippen LogP) is 1.13. The van der Waals surface area contributed by atoms with Gasteiger partial charge in [0.2, 0.25) is 0 Å². The summed E-state index contributed by atoms with van der Waals surface area (Å²) in [5.74, 6) is -1.01. The van der Waals surface area contributed by atoms with Gasteiger partial charge >= 0.3 is 5.97 Å². The zero-order chi connectivity index (χ0) is 13.2. The van der Waals surface area contributed by atoms with E-state index in [1.54, 1.807) is 6.07 Å². The number of aliphatic hydroxyl groups is 1. The maximum atomic E-state index is 10.8. The van der Waals surface area contributed by atoms with Gasteiger partial charge in [0.15, 0.2) is 0 Å². The average molecular weight is 250 g/mol. The van der Waals surface area contributed by atoms with Gasteiger partial charge in [-0.2, -0.15) is 0 Å². The van der Waals surface area contributed by atoms with Crippen molar-refractivity contribution >= 4 is 5.97 Å². The molecule has 0 amide bonds. The summed E-state index contributed by atoms with van der Waals surface area (Å²) in [6.07, 6.45) is 1.76. The highest BCUT2D eigenvalue weighted by Gasteiger charge is 2.28. The number of rotatable bonds is 3. The second-order valence-electron chi connectivity index (χ2n) is 5.13. The third-order valence-electron chi connectivity index (χ3n) is 3.17. The second-order valence-corrected chi connectivity index (χ2v) is 5.13. The van der Waals surface area contributed by atoms with Gasteiger partial charge in [-0.3, -0.25) is 4.90 Å². The molecule has 2 rings (SSSR count). The molecule has 0 radical (unpaired) electrons. The van der Waals surface area contributed by atoms with Crippen LogP contribution in [0.2, 0.25) is 0 Å². The van der Waals surface area contributed by atoms with Crippen molar-refractivity contribution in [2.24, 2.45) is 0 Å². The Labute approximate surface area is 106 Å². The van der Waals surface area contributed by atoms with Crippen LogP contribution >= 0.6 is 0 Å². The van der Waals surface area contributed by atoms with E-state index in [9.17, 15) is 9.90 Å². The molecule has 0 aliphatic carbocycles. The number of piperidine rings is 1. The van der Waals surface area contributed by atoms with E-state index in [-0.39, 0.29) is 5.69 Å². The molecule has 0 spiro atoms. The van der Waals surface area contributed by atoms with E-state index < -0.39 is 11.6 Å². The van der Waals surface area contributed by atoms with E-state index in [0.717, 1.165) is 25.1 Å². The first kappa shape index (κ1) is 13.0. The van der Waals surface area contributed by atoms with Crippen molar-refractivity contribution in [3.8, 4) is 0 Å². The van der Waals surface area contributed by atoms with Gasteiger partial charge in [0.25, 0.3) is 0 Å². The number of nitrogens with zero attached hydrogens (tertiary/aromatic N) is 2. The Kier molecular flexibility index (Phi) is 3.63. The minimum atomic E-state index is -1.01. The molecule has 5 heteroatoms. The standard InChI is InChI=1S/C13H18N2O3/c1-13(18)6-3-7-15(9-13)8-10-4-2-5-11(14-10)12(16)17/h2,4-5,18H,3,6-9H2,1H3,(H,16,17). The van der Waals surface area contributed by atoms with Crippen LogP contribution in [0.25, 0.3) is 0 Å². The molecular weight excluding hydrogens is 232 g/mol. The predicted molar refractivity (Wildman–Crippen MR) is 66.3 cm³/mol. The maximum absolute atomic E-state index is 10.8. The Morgan fingerprint density at radius 2 is 2.33 bits per heavy atom. The summed E-state index contributed by atoms with van der Waals surface area (Å²) < 4.78 is 0. The monoisotopic (exact) mass is 250 g/mol. The summed E-state index contributed by atoms with van der Waals surface area (Å²) in [7, 11) is 0. The van der Waals surface area contributed by atoms with Crippen molar-refractivity contribution in [1.82, 2.24) is 9.88 Å². The fraction of sp³-hybridized carbons (Fsp3) is 0.538. The lowest BCUT2D eigenvalue weighted by Crippen LogP contribution is -2.45. The second kappa shape index (κ2) is 5.04. The van der Waals surface area contributed by atoms with Gasteiger partial charge in [-0.25, -0.2) is 9.78 Å². The molecule has 5 nitrogen and oxygen atoms in total. The SMILES string of the molecule is CC1(O)CCCN(Cc2cccc(C(=O)O)n2)C1. The van der Waals surface area contributed by atoms with E-state index >= 15 is 0 Å². The lowest BCUT2D eigenvalue weighted by molar-refractivity contribution is -0.0185. The van der Waals surface area contributed by atoms with Crippen LogP contribution in [0.4, 0.5) is 0 Å². The fourth-order valence-corrected chi connectivity index (χ4v) is 2.37. The van der Waals surface area contributed by atoms with Gasteiger partial charge in [-0.15, -0.1) is 0 Å². The molecular formula is C13H18N2O3. The van der Waals surface area contributed by atoms with E-state index in [1.807, 2.05) is 13.0 Å². The molecule has 0 bridgehead atoms. The van der Waals surface area contributed by atoms with Crippen LogP contribution in [0.3, 0.4) is 0 Å². The summed E-state index contributed by atoms with van der Waals surface area (Å²) in [6.45, 7) is 3.93. The summed E-state index contributed by atoms with van der Waals surface area (Å²) in [4.78, 5) is 17.0. The number of likely N-dealkylation sites (tertiary alicyclic amines) is 1. The van der Waals surface area contributed by atoms with E-state index in [2.05, 4.69) is 9.88 Å². The number of hydrogen-bond acceptors (Lipinski definition) is 4. The normalized spacial score (nSPS) is 25.0. The first-order valence-corrected chi connectivity index (χ1v) is 6.10.